The molecule has 1 aliphatic rings. The lowest BCUT2D eigenvalue weighted by atomic mass is 9.96. The van der Waals surface area contributed by atoms with Gasteiger partial charge in [-0.25, -0.2) is 0 Å². The first-order chi connectivity index (χ1) is 10.2. The molecule has 2 rings (SSSR count). The van der Waals surface area contributed by atoms with Crippen molar-refractivity contribution in [1.82, 2.24) is 5.32 Å². The van der Waals surface area contributed by atoms with E-state index in [1.807, 2.05) is 12.1 Å². The lowest BCUT2D eigenvalue weighted by Gasteiger charge is -2.23. The van der Waals surface area contributed by atoms with Gasteiger partial charge in [0.25, 0.3) is 0 Å². The molecule has 0 radical (unpaired) electrons. The fourth-order valence-corrected chi connectivity index (χ4v) is 2.68. The summed E-state index contributed by atoms with van der Waals surface area (Å²) >= 11 is 0. The van der Waals surface area contributed by atoms with Crippen molar-refractivity contribution >= 4 is 5.96 Å². The zero-order valence-corrected chi connectivity index (χ0v) is 12.6. The minimum atomic E-state index is 0.156. The summed E-state index contributed by atoms with van der Waals surface area (Å²) in [5.41, 5.74) is 6.99. The molecule has 0 amide bonds. The van der Waals surface area contributed by atoms with Gasteiger partial charge in [-0.2, -0.15) is 0 Å². The number of hydrogen-bond acceptors (Lipinski definition) is 3. The van der Waals surface area contributed by atoms with Gasteiger partial charge in [0.05, 0.1) is 7.11 Å². The Bertz CT molecular complexity index is 482. The molecule has 0 heterocycles. The largest absolute Gasteiger partial charge is 0.504 e. The number of methoxy groups -OCH3 is 1. The highest BCUT2D eigenvalue weighted by Gasteiger charge is 2.13. The molecule has 1 aromatic carbocycles. The zero-order valence-electron chi connectivity index (χ0n) is 12.6. The van der Waals surface area contributed by atoms with Crippen molar-refractivity contribution in [3.63, 3.8) is 0 Å². The molecule has 21 heavy (non-hydrogen) atoms. The second kappa shape index (κ2) is 7.76. The Hall–Kier alpha value is -1.91. The predicted octanol–water partition coefficient (Wildman–Crippen LogP) is 2.18. The van der Waals surface area contributed by atoms with Gasteiger partial charge in [0.1, 0.15) is 0 Å². The fraction of sp³-hybridized carbons (Fsp3) is 0.562. The first kappa shape index (κ1) is 15.5. The number of benzene rings is 1. The topological polar surface area (TPSA) is 79.9 Å². The van der Waals surface area contributed by atoms with Crippen molar-refractivity contribution in [2.75, 3.05) is 13.7 Å². The normalized spacial score (nSPS) is 16.7. The van der Waals surface area contributed by atoms with Crippen LogP contribution in [-0.4, -0.2) is 30.8 Å². The van der Waals surface area contributed by atoms with Gasteiger partial charge in [-0.15, -0.1) is 0 Å². The molecule has 4 N–H and O–H groups in total. The van der Waals surface area contributed by atoms with Crippen LogP contribution in [0.2, 0.25) is 0 Å². The quantitative estimate of drug-likeness (QED) is 0.574. The van der Waals surface area contributed by atoms with Crippen molar-refractivity contribution in [3.8, 4) is 11.5 Å². The summed E-state index contributed by atoms with van der Waals surface area (Å²) in [5.74, 6) is 1.18. The third-order valence-corrected chi connectivity index (χ3v) is 3.88. The summed E-state index contributed by atoms with van der Waals surface area (Å²) in [6.07, 6.45) is 7.02. The van der Waals surface area contributed by atoms with Gasteiger partial charge in [0, 0.05) is 12.6 Å². The number of hydrogen-bond donors (Lipinski definition) is 3. The molecule has 116 valence electrons. The van der Waals surface area contributed by atoms with E-state index < -0.39 is 0 Å². The van der Waals surface area contributed by atoms with Crippen molar-refractivity contribution in [2.24, 2.45) is 10.7 Å². The van der Waals surface area contributed by atoms with E-state index in [9.17, 15) is 5.11 Å². The third-order valence-electron chi connectivity index (χ3n) is 3.88. The maximum Gasteiger partial charge on any atom is 0.188 e. The predicted molar refractivity (Wildman–Crippen MR) is 84.9 cm³/mol. The second-order valence-corrected chi connectivity index (χ2v) is 5.50. The first-order valence-electron chi connectivity index (χ1n) is 7.61. The second-order valence-electron chi connectivity index (χ2n) is 5.50. The summed E-state index contributed by atoms with van der Waals surface area (Å²) in [5, 5.41) is 12.8. The van der Waals surface area contributed by atoms with Gasteiger partial charge in [-0.05, 0) is 37.0 Å². The van der Waals surface area contributed by atoms with E-state index in [1.54, 1.807) is 13.2 Å². The SMILES string of the molecule is COc1cc(CCN=C(N)NC2CCCCC2)ccc1O. The van der Waals surface area contributed by atoms with Crippen LogP contribution in [0, 0.1) is 0 Å². The van der Waals surface area contributed by atoms with E-state index in [-0.39, 0.29) is 5.75 Å². The Morgan fingerprint density at radius 1 is 1.38 bits per heavy atom. The van der Waals surface area contributed by atoms with E-state index in [2.05, 4.69) is 10.3 Å². The highest BCUT2D eigenvalue weighted by atomic mass is 16.5. The van der Waals surface area contributed by atoms with Gasteiger partial charge in [-0.1, -0.05) is 25.3 Å². The molecule has 0 atom stereocenters. The molecule has 0 aromatic heterocycles. The first-order valence-corrected chi connectivity index (χ1v) is 7.61. The maximum atomic E-state index is 9.55. The zero-order chi connectivity index (χ0) is 15.1. The van der Waals surface area contributed by atoms with Gasteiger partial charge in [-0.3, -0.25) is 4.99 Å². The number of ether oxygens (including phenoxy) is 1. The standard InChI is InChI=1S/C16H25N3O2/c1-21-15-11-12(7-8-14(15)20)9-10-18-16(17)19-13-5-3-2-4-6-13/h7-8,11,13,20H,2-6,9-10H2,1H3,(H3,17,18,19). The van der Waals surface area contributed by atoms with Crippen LogP contribution in [0.25, 0.3) is 0 Å². The lowest BCUT2D eigenvalue weighted by Crippen LogP contribution is -2.41. The molecule has 1 aromatic rings. The van der Waals surface area contributed by atoms with Crippen LogP contribution in [0.15, 0.2) is 23.2 Å². The van der Waals surface area contributed by atoms with Gasteiger partial charge in [0.15, 0.2) is 17.5 Å². The Kier molecular flexibility index (Phi) is 5.72. The number of aliphatic imine (C=N–C) groups is 1. The molecular weight excluding hydrogens is 266 g/mol. The van der Waals surface area contributed by atoms with Crippen molar-refractivity contribution in [2.45, 2.75) is 44.6 Å². The van der Waals surface area contributed by atoms with E-state index in [1.165, 1.54) is 32.1 Å². The molecule has 0 saturated heterocycles. The minimum absolute atomic E-state index is 0.156. The number of nitrogens with two attached hydrogens (primary N) is 1. The van der Waals surface area contributed by atoms with Gasteiger partial charge >= 0.3 is 0 Å². The Morgan fingerprint density at radius 2 is 2.14 bits per heavy atom. The molecule has 0 unspecified atom stereocenters. The summed E-state index contributed by atoms with van der Waals surface area (Å²) in [6, 6.07) is 5.83. The highest BCUT2D eigenvalue weighted by molar-refractivity contribution is 5.78. The van der Waals surface area contributed by atoms with Crippen molar-refractivity contribution < 1.29 is 9.84 Å². The number of aromatic hydroxyl groups is 1. The number of nitrogens with one attached hydrogen (secondary N) is 1. The van der Waals surface area contributed by atoms with Crippen LogP contribution in [0.1, 0.15) is 37.7 Å². The van der Waals surface area contributed by atoms with Crippen LogP contribution >= 0.6 is 0 Å². The van der Waals surface area contributed by atoms with E-state index in [0.29, 0.717) is 24.3 Å². The summed E-state index contributed by atoms with van der Waals surface area (Å²) in [6.45, 7) is 0.624. The van der Waals surface area contributed by atoms with E-state index >= 15 is 0 Å². The lowest BCUT2D eigenvalue weighted by molar-refractivity contribution is 0.373. The van der Waals surface area contributed by atoms with E-state index in [4.69, 9.17) is 10.5 Å². The smallest absolute Gasteiger partial charge is 0.188 e. The number of phenolic OH excluding ortho intramolecular Hbond substituents is 1. The number of phenols is 1. The van der Waals surface area contributed by atoms with E-state index in [0.717, 1.165) is 12.0 Å². The molecular formula is C16H25N3O2. The van der Waals surface area contributed by atoms with Gasteiger partial charge in [0.2, 0.25) is 0 Å². The number of nitrogens with zero attached hydrogens (tertiary/aromatic N) is 1. The molecule has 1 saturated carbocycles. The molecule has 1 aliphatic carbocycles. The number of guanidine groups is 1. The molecule has 5 heteroatoms. The number of rotatable bonds is 5. The third kappa shape index (κ3) is 4.85. The summed E-state index contributed by atoms with van der Waals surface area (Å²) < 4.78 is 5.09. The van der Waals surface area contributed by atoms with Gasteiger partial charge < -0.3 is 20.9 Å². The minimum Gasteiger partial charge on any atom is -0.504 e. The van der Waals surface area contributed by atoms with Crippen LogP contribution in [0.4, 0.5) is 0 Å². The van der Waals surface area contributed by atoms with Crippen LogP contribution < -0.4 is 15.8 Å². The molecule has 0 spiro atoms. The molecule has 1 fully saturated rings. The molecule has 0 aliphatic heterocycles. The van der Waals surface area contributed by atoms with Crippen LogP contribution in [-0.2, 0) is 6.42 Å². The van der Waals surface area contributed by atoms with Crippen LogP contribution in [0.3, 0.4) is 0 Å². The molecule has 0 bridgehead atoms. The average Bonchev–Trinajstić information content (AvgIpc) is 2.50. The Balaban J connectivity index is 1.80. The molecule has 5 nitrogen and oxygen atoms in total. The highest BCUT2D eigenvalue weighted by Crippen LogP contribution is 2.26. The Morgan fingerprint density at radius 3 is 2.86 bits per heavy atom. The average molecular weight is 291 g/mol. The summed E-state index contributed by atoms with van der Waals surface area (Å²) in [4.78, 5) is 4.37. The monoisotopic (exact) mass is 291 g/mol. The Labute approximate surface area is 126 Å². The van der Waals surface area contributed by atoms with Crippen molar-refractivity contribution in [1.29, 1.82) is 0 Å². The maximum absolute atomic E-state index is 9.55. The fourth-order valence-electron chi connectivity index (χ4n) is 2.68. The summed E-state index contributed by atoms with van der Waals surface area (Å²) in [7, 11) is 1.54. The van der Waals surface area contributed by atoms with Crippen LogP contribution in [0.5, 0.6) is 11.5 Å². The van der Waals surface area contributed by atoms with Crippen molar-refractivity contribution in [3.05, 3.63) is 23.8 Å².